The highest BCUT2D eigenvalue weighted by Gasteiger charge is 2.16. The van der Waals surface area contributed by atoms with Crippen LogP contribution in [0.2, 0.25) is 0 Å². The van der Waals surface area contributed by atoms with Crippen molar-refractivity contribution < 1.29 is 4.79 Å². The van der Waals surface area contributed by atoms with E-state index < -0.39 is 0 Å². The summed E-state index contributed by atoms with van der Waals surface area (Å²) in [4.78, 5) is 12.8. The Labute approximate surface area is 77.1 Å². The summed E-state index contributed by atoms with van der Waals surface area (Å²) < 4.78 is 0. The largest absolute Gasteiger partial charge is 0.345 e. The molecular formula is C8H16BrNO. The molecule has 0 aromatic carbocycles. The van der Waals surface area contributed by atoms with Crippen molar-refractivity contribution in [3.63, 3.8) is 0 Å². The van der Waals surface area contributed by atoms with Gasteiger partial charge in [-0.25, -0.2) is 0 Å². The van der Waals surface area contributed by atoms with Gasteiger partial charge in [0.1, 0.15) is 0 Å². The van der Waals surface area contributed by atoms with Crippen molar-refractivity contribution in [3.05, 3.63) is 0 Å². The van der Waals surface area contributed by atoms with Crippen LogP contribution in [0, 0.1) is 5.41 Å². The van der Waals surface area contributed by atoms with E-state index in [9.17, 15) is 4.79 Å². The molecule has 0 saturated heterocycles. The lowest BCUT2D eigenvalue weighted by atomic mass is 9.96. The van der Waals surface area contributed by atoms with Gasteiger partial charge in [-0.15, -0.1) is 0 Å². The zero-order valence-electron chi connectivity index (χ0n) is 7.65. The van der Waals surface area contributed by atoms with E-state index in [1.54, 1.807) is 4.90 Å². The van der Waals surface area contributed by atoms with Gasteiger partial charge in [-0.05, 0) is 5.41 Å². The molecule has 0 N–H and O–H groups in total. The summed E-state index contributed by atoms with van der Waals surface area (Å²) in [7, 11) is 1.83. The Morgan fingerprint density at radius 1 is 1.45 bits per heavy atom. The second kappa shape index (κ2) is 4.10. The molecule has 0 aromatic heterocycles. The first-order valence-corrected chi connectivity index (χ1v) is 4.79. The Morgan fingerprint density at radius 3 is 2.18 bits per heavy atom. The molecule has 11 heavy (non-hydrogen) atoms. The maximum absolute atomic E-state index is 11.1. The molecule has 0 aliphatic rings. The third-order valence-corrected chi connectivity index (χ3v) is 1.73. The molecule has 66 valence electrons. The molecule has 0 saturated carbocycles. The van der Waals surface area contributed by atoms with Crippen molar-refractivity contribution in [3.8, 4) is 0 Å². The van der Waals surface area contributed by atoms with Crippen LogP contribution in [-0.2, 0) is 4.79 Å². The van der Waals surface area contributed by atoms with Crippen LogP contribution in [0.3, 0.4) is 0 Å². The van der Waals surface area contributed by atoms with Gasteiger partial charge in [0.2, 0.25) is 5.91 Å². The zero-order valence-corrected chi connectivity index (χ0v) is 9.23. The maximum atomic E-state index is 11.1. The number of rotatable bonds is 2. The number of carbonyl (C=O) groups is 1. The van der Waals surface area contributed by atoms with E-state index in [4.69, 9.17) is 0 Å². The third-order valence-electron chi connectivity index (χ3n) is 1.25. The van der Waals surface area contributed by atoms with Crippen molar-refractivity contribution in [1.82, 2.24) is 4.90 Å². The van der Waals surface area contributed by atoms with Crippen LogP contribution in [0.1, 0.15) is 20.8 Å². The first-order chi connectivity index (χ1) is 4.87. The number of amides is 1. The van der Waals surface area contributed by atoms with Crippen LogP contribution in [0.4, 0.5) is 0 Å². The molecule has 0 unspecified atom stereocenters. The number of nitrogens with zero attached hydrogens (tertiary/aromatic N) is 1. The van der Waals surface area contributed by atoms with Gasteiger partial charge in [-0.2, -0.15) is 0 Å². The minimum Gasteiger partial charge on any atom is -0.345 e. The number of hydrogen-bond donors (Lipinski definition) is 0. The van der Waals surface area contributed by atoms with E-state index in [0.717, 1.165) is 6.54 Å². The predicted octanol–water partition coefficient (Wildman–Crippen LogP) is 1.89. The molecule has 1 amide bonds. The van der Waals surface area contributed by atoms with Gasteiger partial charge in [-0.3, -0.25) is 4.79 Å². The quantitative estimate of drug-likeness (QED) is 0.653. The van der Waals surface area contributed by atoms with Crippen molar-refractivity contribution in [1.29, 1.82) is 0 Å². The van der Waals surface area contributed by atoms with Gasteiger partial charge >= 0.3 is 0 Å². The SMILES string of the molecule is CN(CC(C)(C)C)C(=O)CBr. The second-order valence-corrected chi connectivity index (χ2v) is 4.50. The molecule has 0 aliphatic heterocycles. The Bertz CT molecular complexity index is 140. The van der Waals surface area contributed by atoms with Crippen molar-refractivity contribution in [2.24, 2.45) is 5.41 Å². The average molecular weight is 222 g/mol. The first-order valence-electron chi connectivity index (χ1n) is 3.67. The summed E-state index contributed by atoms with van der Waals surface area (Å²) in [6.07, 6.45) is 0. The van der Waals surface area contributed by atoms with Crippen molar-refractivity contribution in [2.75, 3.05) is 18.9 Å². The van der Waals surface area contributed by atoms with E-state index >= 15 is 0 Å². The molecule has 0 bridgehead atoms. The fraction of sp³-hybridized carbons (Fsp3) is 0.875. The van der Waals surface area contributed by atoms with E-state index in [-0.39, 0.29) is 11.3 Å². The first kappa shape index (κ1) is 11.0. The van der Waals surface area contributed by atoms with Gasteiger partial charge in [0.05, 0.1) is 5.33 Å². The summed E-state index contributed by atoms with van der Waals surface area (Å²) in [6.45, 7) is 7.15. The van der Waals surface area contributed by atoms with Crippen molar-refractivity contribution >= 4 is 21.8 Å². The molecular weight excluding hydrogens is 206 g/mol. The fourth-order valence-electron chi connectivity index (χ4n) is 0.902. The summed E-state index contributed by atoms with van der Waals surface area (Å²) in [6, 6.07) is 0. The monoisotopic (exact) mass is 221 g/mol. The maximum Gasteiger partial charge on any atom is 0.232 e. The van der Waals surface area contributed by atoms with E-state index in [1.807, 2.05) is 7.05 Å². The summed E-state index contributed by atoms with van der Waals surface area (Å²) in [5.74, 6) is 0.139. The van der Waals surface area contributed by atoms with Crippen LogP contribution >= 0.6 is 15.9 Å². The third kappa shape index (κ3) is 5.24. The molecule has 0 heterocycles. The molecule has 0 aliphatic carbocycles. The van der Waals surface area contributed by atoms with Gasteiger partial charge < -0.3 is 4.90 Å². The molecule has 3 heteroatoms. The minimum absolute atomic E-state index is 0.139. The summed E-state index contributed by atoms with van der Waals surface area (Å²) in [5.41, 5.74) is 0.187. The molecule has 0 spiro atoms. The Balaban J connectivity index is 3.87. The summed E-state index contributed by atoms with van der Waals surface area (Å²) in [5, 5.41) is 0.416. The van der Waals surface area contributed by atoms with Gasteiger partial charge in [0.15, 0.2) is 0 Å². The Morgan fingerprint density at radius 2 is 1.91 bits per heavy atom. The highest BCUT2D eigenvalue weighted by molar-refractivity contribution is 9.09. The normalized spacial score (nSPS) is 11.4. The van der Waals surface area contributed by atoms with Crippen LogP contribution in [0.15, 0.2) is 0 Å². The van der Waals surface area contributed by atoms with Crippen LogP contribution in [-0.4, -0.2) is 29.7 Å². The fourth-order valence-corrected chi connectivity index (χ4v) is 1.33. The van der Waals surface area contributed by atoms with E-state index in [2.05, 4.69) is 36.7 Å². The number of hydrogen-bond acceptors (Lipinski definition) is 1. The molecule has 0 radical (unpaired) electrons. The lowest BCUT2D eigenvalue weighted by Gasteiger charge is -2.25. The van der Waals surface area contributed by atoms with Crippen LogP contribution in [0.5, 0.6) is 0 Å². The van der Waals surface area contributed by atoms with E-state index in [0.29, 0.717) is 5.33 Å². The smallest absolute Gasteiger partial charge is 0.232 e. The Hall–Kier alpha value is -0.0500. The highest BCUT2D eigenvalue weighted by atomic mass is 79.9. The molecule has 2 nitrogen and oxygen atoms in total. The van der Waals surface area contributed by atoms with Crippen LogP contribution < -0.4 is 0 Å². The second-order valence-electron chi connectivity index (χ2n) is 3.94. The van der Waals surface area contributed by atoms with Gasteiger partial charge in [0, 0.05) is 13.6 Å². The van der Waals surface area contributed by atoms with E-state index in [1.165, 1.54) is 0 Å². The van der Waals surface area contributed by atoms with Crippen molar-refractivity contribution in [2.45, 2.75) is 20.8 Å². The highest BCUT2D eigenvalue weighted by Crippen LogP contribution is 2.14. The average Bonchev–Trinajstić information content (AvgIpc) is 1.82. The number of alkyl halides is 1. The predicted molar refractivity (Wildman–Crippen MR) is 50.9 cm³/mol. The molecule has 0 fully saturated rings. The molecule has 0 atom stereocenters. The van der Waals surface area contributed by atoms with Gasteiger partial charge in [0.25, 0.3) is 0 Å². The minimum atomic E-state index is 0.139. The zero-order chi connectivity index (χ0) is 9.07. The lowest BCUT2D eigenvalue weighted by Crippen LogP contribution is -2.35. The Kier molecular flexibility index (Phi) is 4.08. The number of halogens is 1. The summed E-state index contributed by atoms with van der Waals surface area (Å²) >= 11 is 3.13. The lowest BCUT2D eigenvalue weighted by molar-refractivity contribution is -0.128. The topological polar surface area (TPSA) is 20.3 Å². The molecule has 0 aromatic rings. The standard InChI is InChI=1S/C8H16BrNO/c1-8(2,3)6-10(4)7(11)5-9/h5-6H2,1-4H3. The number of carbonyl (C=O) groups excluding carboxylic acids is 1. The van der Waals surface area contributed by atoms with Crippen LogP contribution in [0.25, 0.3) is 0 Å². The van der Waals surface area contributed by atoms with Gasteiger partial charge in [-0.1, -0.05) is 36.7 Å². The molecule has 0 rings (SSSR count).